The van der Waals surface area contributed by atoms with Crippen LogP contribution in [0.25, 0.3) is 0 Å². The molecule has 0 spiro atoms. The van der Waals surface area contributed by atoms with Gasteiger partial charge in [-0.3, -0.25) is 9.69 Å². The quantitative estimate of drug-likeness (QED) is 0.800. The van der Waals surface area contributed by atoms with E-state index >= 15 is 0 Å². The summed E-state index contributed by atoms with van der Waals surface area (Å²) >= 11 is 0. The van der Waals surface area contributed by atoms with Gasteiger partial charge >= 0.3 is 0 Å². The van der Waals surface area contributed by atoms with Crippen molar-refractivity contribution >= 4 is 5.91 Å². The molecule has 1 atom stereocenters. The van der Waals surface area contributed by atoms with E-state index in [4.69, 9.17) is 5.73 Å². The maximum atomic E-state index is 11.8. The number of rotatable bonds is 2. The second-order valence-corrected chi connectivity index (χ2v) is 6.06. The number of amides is 1. The molecule has 1 heterocycles. The summed E-state index contributed by atoms with van der Waals surface area (Å²) in [7, 11) is 0. The van der Waals surface area contributed by atoms with Gasteiger partial charge in [0.1, 0.15) is 0 Å². The van der Waals surface area contributed by atoms with Gasteiger partial charge in [0.05, 0.1) is 6.04 Å². The summed E-state index contributed by atoms with van der Waals surface area (Å²) < 4.78 is 0. The first-order chi connectivity index (χ1) is 8.58. The lowest BCUT2D eigenvalue weighted by Gasteiger charge is -2.42. The van der Waals surface area contributed by atoms with Crippen LogP contribution in [0.5, 0.6) is 0 Å². The Balaban J connectivity index is 1.78. The highest BCUT2D eigenvalue weighted by molar-refractivity contribution is 5.81. The summed E-state index contributed by atoms with van der Waals surface area (Å²) in [5, 5.41) is 0. The first-order valence-electron chi connectivity index (χ1n) is 7.36. The van der Waals surface area contributed by atoms with Crippen LogP contribution in [-0.2, 0) is 4.79 Å². The third-order valence-electron chi connectivity index (χ3n) is 4.52. The Labute approximate surface area is 110 Å². The number of nitrogens with two attached hydrogens (primary N) is 1. The van der Waals surface area contributed by atoms with E-state index in [1.54, 1.807) is 6.92 Å². The van der Waals surface area contributed by atoms with E-state index in [2.05, 4.69) is 11.8 Å². The van der Waals surface area contributed by atoms with Crippen LogP contribution in [0.4, 0.5) is 0 Å². The molecule has 1 saturated heterocycles. The fourth-order valence-electron chi connectivity index (χ4n) is 3.20. The van der Waals surface area contributed by atoms with E-state index in [1.807, 2.05) is 4.90 Å². The predicted molar refractivity (Wildman–Crippen MR) is 73.2 cm³/mol. The molecule has 1 aliphatic heterocycles. The van der Waals surface area contributed by atoms with Gasteiger partial charge in [-0.25, -0.2) is 0 Å². The van der Waals surface area contributed by atoms with Gasteiger partial charge in [0.25, 0.3) is 0 Å². The second kappa shape index (κ2) is 6.02. The van der Waals surface area contributed by atoms with Gasteiger partial charge in [-0.05, 0) is 38.5 Å². The molecule has 1 amide bonds. The van der Waals surface area contributed by atoms with Crippen LogP contribution in [0, 0.1) is 5.92 Å². The second-order valence-electron chi connectivity index (χ2n) is 6.06. The van der Waals surface area contributed by atoms with Crippen LogP contribution < -0.4 is 5.73 Å². The van der Waals surface area contributed by atoms with Crippen molar-refractivity contribution in [1.29, 1.82) is 0 Å². The highest BCUT2D eigenvalue weighted by Gasteiger charge is 2.29. The van der Waals surface area contributed by atoms with Crippen LogP contribution in [-0.4, -0.2) is 54.0 Å². The van der Waals surface area contributed by atoms with Crippen LogP contribution in [0.1, 0.15) is 39.5 Å². The third kappa shape index (κ3) is 3.23. The normalized spacial score (nSPS) is 32.3. The molecule has 18 heavy (non-hydrogen) atoms. The highest BCUT2D eigenvalue weighted by atomic mass is 16.2. The van der Waals surface area contributed by atoms with E-state index in [0.717, 1.165) is 38.1 Å². The number of carbonyl (C=O) groups excluding carboxylic acids is 1. The van der Waals surface area contributed by atoms with E-state index < -0.39 is 0 Å². The van der Waals surface area contributed by atoms with Crippen LogP contribution >= 0.6 is 0 Å². The van der Waals surface area contributed by atoms with Gasteiger partial charge in [0.15, 0.2) is 0 Å². The Kier molecular flexibility index (Phi) is 4.62. The molecule has 0 bridgehead atoms. The van der Waals surface area contributed by atoms with E-state index in [9.17, 15) is 4.79 Å². The molecule has 1 aliphatic carbocycles. The fourth-order valence-corrected chi connectivity index (χ4v) is 3.20. The Bertz CT molecular complexity index is 277. The van der Waals surface area contributed by atoms with E-state index in [0.29, 0.717) is 0 Å². The molecule has 104 valence electrons. The van der Waals surface area contributed by atoms with Crippen molar-refractivity contribution in [1.82, 2.24) is 9.80 Å². The van der Waals surface area contributed by atoms with Crippen molar-refractivity contribution in [2.24, 2.45) is 11.7 Å². The van der Waals surface area contributed by atoms with Gasteiger partial charge in [0, 0.05) is 32.2 Å². The molecule has 2 aliphatic rings. The minimum Gasteiger partial charge on any atom is -0.339 e. The zero-order valence-electron chi connectivity index (χ0n) is 11.8. The van der Waals surface area contributed by atoms with Gasteiger partial charge in [-0.15, -0.1) is 0 Å². The van der Waals surface area contributed by atoms with Gasteiger partial charge in [0.2, 0.25) is 5.91 Å². The summed E-state index contributed by atoms with van der Waals surface area (Å²) in [4.78, 5) is 16.3. The Morgan fingerprint density at radius 3 is 2.17 bits per heavy atom. The SMILES string of the molecule is CC1CCC(N2CCN(C(=O)[C@@H](C)N)CC2)CC1. The van der Waals surface area contributed by atoms with Crippen molar-refractivity contribution in [3.63, 3.8) is 0 Å². The summed E-state index contributed by atoms with van der Waals surface area (Å²) in [5.74, 6) is 1.01. The van der Waals surface area contributed by atoms with Crippen molar-refractivity contribution in [3.8, 4) is 0 Å². The number of piperazine rings is 1. The molecule has 4 nitrogen and oxygen atoms in total. The summed E-state index contributed by atoms with van der Waals surface area (Å²) in [6.45, 7) is 7.89. The maximum absolute atomic E-state index is 11.8. The molecule has 1 saturated carbocycles. The lowest BCUT2D eigenvalue weighted by atomic mass is 9.86. The van der Waals surface area contributed by atoms with Gasteiger partial charge in [-0.2, -0.15) is 0 Å². The van der Waals surface area contributed by atoms with Crippen LogP contribution in [0.3, 0.4) is 0 Å². The van der Waals surface area contributed by atoms with Gasteiger partial charge in [-0.1, -0.05) is 6.92 Å². The van der Waals surface area contributed by atoms with E-state index in [1.165, 1.54) is 25.7 Å². The summed E-state index contributed by atoms with van der Waals surface area (Å²) in [5.41, 5.74) is 5.65. The number of hydrogen-bond donors (Lipinski definition) is 1. The molecule has 0 aromatic heterocycles. The average molecular weight is 253 g/mol. The lowest BCUT2D eigenvalue weighted by molar-refractivity contribution is -0.134. The predicted octanol–water partition coefficient (Wildman–Crippen LogP) is 1.06. The number of carbonyl (C=O) groups is 1. The standard InChI is InChI=1S/C14H27N3O/c1-11-3-5-13(6-4-11)16-7-9-17(10-8-16)14(18)12(2)15/h11-13H,3-10,15H2,1-2H3/t11?,12-,13?/m1/s1. The Morgan fingerprint density at radius 2 is 1.67 bits per heavy atom. The minimum absolute atomic E-state index is 0.104. The molecule has 2 rings (SSSR count). The molecule has 2 N–H and O–H groups in total. The summed E-state index contributed by atoms with van der Waals surface area (Å²) in [6, 6.07) is 0.404. The third-order valence-corrected chi connectivity index (χ3v) is 4.52. The van der Waals surface area contributed by atoms with E-state index in [-0.39, 0.29) is 11.9 Å². The number of nitrogens with zero attached hydrogens (tertiary/aromatic N) is 2. The smallest absolute Gasteiger partial charge is 0.239 e. The van der Waals surface area contributed by atoms with Crippen molar-refractivity contribution in [2.45, 2.75) is 51.6 Å². The van der Waals surface area contributed by atoms with Gasteiger partial charge < -0.3 is 10.6 Å². The monoisotopic (exact) mass is 253 g/mol. The molecule has 4 heteroatoms. The largest absolute Gasteiger partial charge is 0.339 e. The van der Waals surface area contributed by atoms with Crippen LogP contribution in [0.2, 0.25) is 0 Å². The minimum atomic E-state index is -0.355. The lowest BCUT2D eigenvalue weighted by Crippen LogP contribution is -2.55. The molecule has 0 unspecified atom stereocenters. The molecule has 0 aromatic rings. The van der Waals surface area contributed by atoms with Crippen LogP contribution in [0.15, 0.2) is 0 Å². The zero-order chi connectivity index (χ0) is 13.1. The summed E-state index contributed by atoms with van der Waals surface area (Å²) in [6.07, 6.45) is 5.40. The molecule has 2 fully saturated rings. The first-order valence-corrected chi connectivity index (χ1v) is 7.36. The van der Waals surface area contributed by atoms with Crippen molar-refractivity contribution in [3.05, 3.63) is 0 Å². The molecule has 0 radical (unpaired) electrons. The van der Waals surface area contributed by atoms with Crippen molar-refractivity contribution in [2.75, 3.05) is 26.2 Å². The topological polar surface area (TPSA) is 49.6 Å². The molecular weight excluding hydrogens is 226 g/mol. The Hall–Kier alpha value is -0.610. The average Bonchev–Trinajstić information content (AvgIpc) is 2.39. The first kappa shape index (κ1) is 13.8. The zero-order valence-corrected chi connectivity index (χ0v) is 11.8. The maximum Gasteiger partial charge on any atom is 0.239 e. The Morgan fingerprint density at radius 1 is 1.11 bits per heavy atom. The highest BCUT2D eigenvalue weighted by Crippen LogP contribution is 2.27. The number of hydrogen-bond acceptors (Lipinski definition) is 3. The fraction of sp³-hybridized carbons (Fsp3) is 0.929. The molecule has 0 aromatic carbocycles. The van der Waals surface area contributed by atoms with Crippen molar-refractivity contribution < 1.29 is 4.79 Å². The molecular formula is C14H27N3O.